The van der Waals surface area contributed by atoms with Gasteiger partial charge in [-0.25, -0.2) is 4.98 Å². The summed E-state index contributed by atoms with van der Waals surface area (Å²) in [7, 11) is 0. The molecular formula is C12H10Cl2N2O2. The lowest BCUT2D eigenvalue weighted by Gasteiger charge is -2.09. The van der Waals surface area contributed by atoms with E-state index >= 15 is 0 Å². The van der Waals surface area contributed by atoms with Crippen LogP contribution in [0.3, 0.4) is 0 Å². The minimum Gasteiger partial charge on any atom is -0.258 e. The number of nitro benzene ring substituents is 1. The number of halogens is 2. The molecule has 0 radical (unpaired) electrons. The Morgan fingerprint density at radius 1 is 1.39 bits per heavy atom. The quantitative estimate of drug-likeness (QED) is 0.360. The van der Waals surface area contributed by atoms with Crippen molar-refractivity contribution in [2.24, 2.45) is 0 Å². The van der Waals surface area contributed by atoms with Gasteiger partial charge in [-0.2, -0.15) is 0 Å². The molecule has 0 atom stereocenters. The fourth-order valence-electron chi connectivity index (χ4n) is 1.92. The summed E-state index contributed by atoms with van der Waals surface area (Å²) in [4.78, 5) is 14.8. The zero-order valence-electron chi connectivity index (χ0n) is 9.83. The van der Waals surface area contributed by atoms with E-state index < -0.39 is 4.92 Å². The Hall–Kier alpha value is -1.39. The van der Waals surface area contributed by atoms with Crippen molar-refractivity contribution in [3.05, 3.63) is 44.1 Å². The van der Waals surface area contributed by atoms with Gasteiger partial charge in [0, 0.05) is 22.6 Å². The molecular weight excluding hydrogens is 275 g/mol. The normalized spacial score (nSPS) is 10.9. The number of pyridine rings is 1. The van der Waals surface area contributed by atoms with Gasteiger partial charge in [0.05, 0.1) is 16.3 Å². The third-order valence-corrected chi connectivity index (χ3v) is 3.52. The smallest absolute Gasteiger partial charge is 0.258 e. The second kappa shape index (κ2) is 4.71. The molecule has 94 valence electrons. The number of benzene rings is 1. The number of hydrogen-bond acceptors (Lipinski definition) is 3. The molecule has 6 heteroatoms. The highest BCUT2D eigenvalue weighted by atomic mass is 35.5. The number of alkyl halides is 1. The molecule has 0 spiro atoms. The van der Waals surface area contributed by atoms with Gasteiger partial charge in [0.25, 0.3) is 5.69 Å². The molecule has 4 nitrogen and oxygen atoms in total. The standard InChI is InChI=1S/C12H10Cl2N2O2/c1-6-3-10(16(17)18)7(2)9-4-8(5-13)12(14)15-11(6)9/h3-4H,5H2,1-2H3. The minimum atomic E-state index is -0.392. The van der Waals surface area contributed by atoms with Gasteiger partial charge in [0.2, 0.25) is 0 Å². The monoisotopic (exact) mass is 284 g/mol. The van der Waals surface area contributed by atoms with Gasteiger partial charge < -0.3 is 0 Å². The molecule has 0 unspecified atom stereocenters. The molecule has 2 aromatic rings. The van der Waals surface area contributed by atoms with E-state index in [1.165, 1.54) is 6.07 Å². The molecule has 0 aliphatic carbocycles. The molecule has 0 aliphatic heterocycles. The van der Waals surface area contributed by atoms with Crippen LogP contribution in [0.1, 0.15) is 16.7 Å². The summed E-state index contributed by atoms with van der Waals surface area (Å²) in [5.41, 5.74) is 2.75. The van der Waals surface area contributed by atoms with E-state index in [0.717, 1.165) is 10.9 Å². The van der Waals surface area contributed by atoms with Crippen molar-refractivity contribution in [2.75, 3.05) is 0 Å². The Bertz CT molecular complexity index is 656. The highest BCUT2D eigenvalue weighted by Crippen LogP contribution is 2.32. The lowest BCUT2D eigenvalue weighted by atomic mass is 10.0. The van der Waals surface area contributed by atoms with Crippen molar-refractivity contribution in [1.29, 1.82) is 0 Å². The molecule has 0 saturated carbocycles. The van der Waals surface area contributed by atoms with E-state index in [0.29, 0.717) is 21.8 Å². The maximum atomic E-state index is 11.0. The van der Waals surface area contributed by atoms with Gasteiger partial charge >= 0.3 is 0 Å². The molecule has 1 aromatic carbocycles. The number of fused-ring (bicyclic) bond motifs is 1. The van der Waals surface area contributed by atoms with Crippen molar-refractivity contribution in [2.45, 2.75) is 19.7 Å². The van der Waals surface area contributed by atoms with E-state index in [1.54, 1.807) is 19.9 Å². The summed E-state index contributed by atoms with van der Waals surface area (Å²) in [6.07, 6.45) is 0. The molecule has 0 N–H and O–H groups in total. The predicted molar refractivity (Wildman–Crippen MR) is 72.4 cm³/mol. The number of rotatable bonds is 2. The van der Waals surface area contributed by atoms with Gasteiger partial charge in [-0.05, 0) is 25.5 Å². The Labute approximate surface area is 114 Å². The van der Waals surface area contributed by atoms with Crippen LogP contribution < -0.4 is 0 Å². The average molecular weight is 285 g/mol. The summed E-state index contributed by atoms with van der Waals surface area (Å²) in [5.74, 6) is 0.225. The second-order valence-electron chi connectivity index (χ2n) is 4.06. The van der Waals surface area contributed by atoms with Crippen molar-refractivity contribution < 1.29 is 4.92 Å². The number of nitrogens with zero attached hydrogens (tertiary/aromatic N) is 2. The molecule has 2 rings (SSSR count). The van der Waals surface area contributed by atoms with Crippen molar-refractivity contribution in [3.8, 4) is 0 Å². The maximum Gasteiger partial charge on any atom is 0.273 e. The first-order chi connectivity index (χ1) is 8.45. The van der Waals surface area contributed by atoms with E-state index in [1.807, 2.05) is 0 Å². The van der Waals surface area contributed by atoms with Crippen LogP contribution in [-0.4, -0.2) is 9.91 Å². The van der Waals surface area contributed by atoms with Crippen LogP contribution in [0.15, 0.2) is 12.1 Å². The second-order valence-corrected chi connectivity index (χ2v) is 4.69. The van der Waals surface area contributed by atoms with Crippen molar-refractivity contribution in [3.63, 3.8) is 0 Å². The first-order valence-corrected chi connectivity index (χ1v) is 6.16. The molecule has 1 heterocycles. The van der Waals surface area contributed by atoms with E-state index in [4.69, 9.17) is 23.2 Å². The lowest BCUT2D eigenvalue weighted by Crippen LogP contribution is -1.97. The molecule has 0 aliphatic rings. The number of hydrogen-bond donors (Lipinski definition) is 0. The van der Waals surface area contributed by atoms with Crippen LogP contribution in [0.25, 0.3) is 10.9 Å². The third-order valence-electron chi connectivity index (χ3n) is 2.90. The highest BCUT2D eigenvalue weighted by Gasteiger charge is 2.17. The summed E-state index contributed by atoms with van der Waals surface area (Å²) in [5, 5.41) is 12.0. The van der Waals surface area contributed by atoms with Gasteiger partial charge in [-0.1, -0.05) is 11.6 Å². The molecule has 18 heavy (non-hydrogen) atoms. The van der Waals surface area contributed by atoms with Crippen LogP contribution in [-0.2, 0) is 5.88 Å². The number of nitro groups is 1. The van der Waals surface area contributed by atoms with Crippen molar-refractivity contribution >= 4 is 39.8 Å². The fourth-order valence-corrected chi connectivity index (χ4v) is 2.40. The van der Waals surface area contributed by atoms with Crippen LogP contribution in [0.2, 0.25) is 5.15 Å². The summed E-state index contributed by atoms with van der Waals surface area (Å²) >= 11 is 11.8. The lowest BCUT2D eigenvalue weighted by molar-refractivity contribution is -0.385. The Balaban J connectivity index is 2.90. The summed E-state index contributed by atoms with van der Waals surface area (Å²) < 4.78 is 0. The van der Waals surface area contributed by atoms with Crippen LogP contribution in [0, 0.1) is 24.0 Å². The summed E-state index contributed by atoms with van der Waals surface area (Å²) in [6, 6.07) is 3.29. The van der Waals surface area contributed by atoms with Crippen LogP contribution >= 0.6 is 23.2 Å². The van der Waals surface area contributed by atoms with E-state index in [9.17, 15) is 10.1 Å². The number of aromatic nitrogens is 1. The molecule has 0 bridgehead atoms. The predicted octanol–water partition coefficient (Wildman–Crippen LogP) is 4.15. The zero-order valence-corrected chi connectivity index (χ0v) is 11.3. The average Bonchev–Trinajstić information content (AvgIpc) is 2.33. The molecule has 0 saturated heterocycles. The first-order valence-electron chi connectivity index (χ1n) is 5.25. The SMILES string of the molecule is Cc1c([N+](=O)[O-])cc(C)c2nc(Cl)c(CCl)cc12. The third kappa shape index (κ3) is 2.02. The molecule has 1 aromatic heterocycles. The Morgan fingerprint density at radius 2 is 2.06 bits per heavy atom. The minimum absolute atomic E-state index is 0.0876. The Kier molecular flexibility index (Phi) is 3.41. The van der Waals surface area contributed by atoms with Gasteiger partial charge in [0.15, 0.2) is 0 Å². The van der Waals surface area contributed by atoms with E-state index in [-0.39, 0.29) is 11.6 Å². The zero-order chi connectivity index (χ0) is 13.4. The topological polar surface area (TPSA) is 56.0 Å². The highest BCUT2D eigenvalue weighted by molar-refractivity contribution is 6.31. The molecule has 0 amide bonds. The maximum absolute atomic E-state index is 11.0. The van der Waals surface area contributed by atoms with Crippen LogP contribution in [0.4, 0.5) is 5.69 Å². The number of aryl methyl sites for hydroxylation is 2. The Morgan fingerprint density at radius 3 is 2.61 bits per heavy atom. The molecule has 0 fully saturated rings. The first kappa shape index (κ1) is 13.1. The van der Waals surface area contributed by atoms with Crippen molar-refractivity contribution in [1.82, 2.24) is 4.98 Å². The summed E-state index contributed by atoms with van der Waals surface area (Å²) in [6.45, 7) is 3.48. The van der Waals surface area contributed by atoms with E-state index in [2.05, 4.69) is 4.98 Å². The largest absolute Gasteiger partial charge is 0.273 e. The van der Waals surface area contributed by atoms with Crippen LogP contribution in [0.5, 0.6) is 0 Å². The van der Waals surface area contributed by atoms with Gasteiger partial charge in [-0.15, -0.1) is 11.6 Å². The van der Waals surface area contributed by atoms with Gasteiger partial charge in [-0.3, -0.25) is 10.1 Å². The van der Waals surface area contributed by atoms with Gasteiger partial charge in [0.1, 0.15) is 5.15 Å². The fraction of sp³-hybridized carbons (Fsp3) is 0.250.